The molecule has 0 saturated carbocycles. The van der Waals surface area contributed by atoms with Gasteiger partial charge in [-0.1, -0.05) is 23.4 Å². The third-order valence-electron chi connectivity index (χ3n) is 4.72. The number of carbonyl (C=O) groups is 1. The molecule has 2 aromatic heterocycles. The first-order valence-electron chi connectivity index (χ1n) is 8.40. The summed E-state index contributed by atoms with van der Waals surface area (Å²) in [5, 5.41) is 11.9. The number of aryl methyl sites for hydroxylation is 1. The van der Waals surface area contributed by atoms with Crippen LogP contribution in [0.2, 0.25) is 0 Å². The van der Waals surface area contributed by atoms with E-state index in [1.54, 1.807) is 0 Å². The minimum atomic E-state index is -0.0293. The third-order valence-corrected chi connectivity index (χ3v) is 4.72. The number of carbonyl (C=O) groups excluding carboxylic acids is 1. The lowest BCUT2D eigenvalue weighted by molar-refractivity contribution is 0.0548. The minimum absolute atomic E-state index is 0.0293. The first-order valence-corrected chi connectivity index (χ1v) is 8.40. The number of hydrogen-bond acceptors (Lipinski definition) is 6. The van der Waals surface area contributed by atoms with Crippen molar-refractivity contribution in [2.45, 2.75) is 19.9 Å². The molecule has 0 spiro atoms. The van der Waals surface area contributed by atoms with E-state index in [2.05, 4.69) is 25.2 Å². The number of aromatic amines is 1. The molecule has 1 aliphatic heterocycles. The van der Waals surface area contributed by atoms with Crippen LogP contribution in [0.4, 0.5) is 0 Å². The van der Waals surface area contributed by atoms with Crippen LogP contribution in [-0.4, -0.2) is 62.2 Å². The highest BCUT2D eigenvalue weighted by Crippen LogP contribution is 2.22. The van der Waals surface area contributed by atoms with E-state index in [0.29, 0.717) is 30.5 Å². The Morgan fingerprint density at radius 3 is 2.72 bits per heavy atom. The van der Waals surface area contributed by atoms with Crippen LogP contribution in [0, 0.1) is 6.92 Å². The van der Waals surface area contributed by atoms with E-state index in [0.717, 1.165) is 24.0 Å². The number of fused-ring (bicyclic) bond motifs is 1. The van der Waals surface area contributed by atoms with Crippen molar-refractivity contribution in [3.8, 4) is 0 Å². The SMILES string of the molecule is Cc1noc([C@H](C)N2CCN(C(=O)c3n[nH]c4ccccc34)CC2)n1. The molecule has 8 heteroatoms. The summed E-state index contributed by atoms with van der Waals surface area (Å²) in [6.45, 7) is 6.68. The summed E-state index contributed by atoms with van der Waals surface area (Å²) >= 11 is 0. The van der Waals surface area contributed by atoms with Crippen molar-refractivity contribution in [2.24, 2.45) is 0 Å². The second-order valence-electron chi connectivity index (χ2n) is 6.30. The lowest BCUT2D eigenvalue weighted by atomic mass is 10.1. The number of nitrogens with zero attached hydrogens (tertiary/aromatic N) is 5. The van der Waals surface area contributed by atoms with Crippen LogP contribution in [0.15, 0.2) is 28.8 Å². The van der Waals surface area contributed by atoms with E-state index in [4.69, 9.17) is 4.52 Å². The van der Waals surface area contributed by atoms with Gasteiger partial charge in [0.1, 0.15) is 0 Å². The van der Waals surface area contributed by atoms with Crippen molar-refractivity contribution in [3.63, 3.8) is 0 Å². The van der Waals surface area contributed by atoms with Crippen LogP contribution >= 0.6 is 0 Å². The zero-order chi connectivity index (χ0) is 17.4. The van der Waals surface area contributed by atoms with Crippen LogP contribution in [0.3, 0.4) is 0 Å². The van der Waals surface area contributed by atoms with Crippen molar-refractivity contribution < 1.29 is 9.32 Å². The summed E-state index contributed by atoms with van der Waals surface area (Å²) in [5.74, 6) is 1.23. The number of benzene rings is 1. The van der Waals surface area contributed by atoms with Crippen LogP contribution in [0.5, 0.6) is 0 Å². The quantitative estimate of drug-likeness (QED) is 0.781. The van der Waals surface area contributed by atoms with Crippen LogP contribution in [0.25, 0.3) is 10.9 Å². The number of hydrogen-bond donors (Lipinski definition) is 1. The number of aromatic nitrogens is 4. The molecule has 1 N–H and O–H groups in total. The van der Waals surface area contributed by atoms with Gasteiger partial charge in [0, 0.05) is 31.6 Å². The molecule has 1 aromatic carbocycles. The Labute approximate surface area is 144 Å². The molecule has 0 aliphatic carbocycles. The van der Waals surface area contributed by atoms with E-state index in [-0.39, 0.29) is 11.9 Å². The normalized spacial score (nSPS) is 17.1. The molecule has 8 nitrogen and oxygen atoms in total. The fourth-order valence-corrected chi connectivity index (χ4v) is 3.23. The van der Waals surface area contributed by atoms with Crippen LogP contribution in [0.1, 0.15) is 35.2 Å². The van der Waals surface area contributed by atoms with Crippen LogP contribution in [-0.2, 0) is 0 Å². The average Bonchev–Trinajstić information content (AvgIpc) is 3.27. The predicted molar refractivity (Wildman–Crippen MR) is 91.0 cm³/mol. The number of H-pyrrole nitrogens is 1. The molecular weight excluding hydrogens is 320 g/mol. The summed E-state index contributed by atoms with van der Waals surface area (Å²) in [6, 6.07) is 7.73. The predicted octanol–water partition coefficient (Wildman–Crippen LogP) is 1.77. The Kier molecular flexibility index (Phi) is 3.96. The van der Waals surface area contributed by atoms with E-state index in [9.17, 15) is 4.79 Å². The highest BCUT2D eigenvalue weighted by atomic mass is 16.5. The molecule has 3 aromatic rings. The van der Waals surface area contributed by atoms with E-state index < -0.39 is 0 Å². The molecule has 1 fully saturated rings. The summed E-state index contributed by atoms with van der Waals surface area (Å²) in [4.78, 5) is 21.2. The summed E-state index contributed by atoms with van der Waals surface area (Å²) in [5.41, 5.74) is 1.37. The second kappa shape index (κ2) is 6.29. The molecule has 0 unspecified atom stereocenters. The number of para-hydroxylation sites is 1. The zero-order valence-electron chi connectivity index (χ0n) is 14.3. The summed E-state index contributed by atoms with van der Waals surface area (Å²) in [7, 11) is 0. The molecular formula is C17H20N6O2. The zero-order valence-corrected chi connectivity index (χ0v) is 14.3. The maximum atomic E-state index is 12.8. The largest absolute Gasteiger partial charge is 0.338 e. The van der Waals surface area contributed by atoms with Gasteiger partial charge >= 0.3 is 0 Å². The molecule has 25 heavy (non-hydrogen) atoms. The van der Waals surface area contributed by atoms with Crippen molar-refractivity contribution in [1.29, 1.82) is 0 Å². The number of nitrogens with one attached hydrogen (secondary N) is 1. The number of amides is 1. The molecule has 1 atom stereocenters. The first-order chi connectivity index (χ1) is 12.1. The van der Waals surface area contributed by atoms with Gasteiger partial charge in [0.05, 0.1) is 11.6 Å². The molecule has 1 saturated heterocycles. The smallest absolute Gasteiger partial charge is 0.275 e. The van der Waals surface area contributed by atoms with Gasteiger partial charge in [0.2, 0.25) is 5.89 Å². The van der Waals surface area contributed by atoms with Gasteiger partial charge in [0.15, 0.2) is 11.5 Å². The molecule has 4 rings (SSSR count). The number of rotatable bonds is 3. The average molecular weight is 340 g/mol. The van der Waals surface area contributed by atoms with Gasteiger partial charge in [-0.05, 0) is 19.9 Å². The number of piperazine rings is 1. The fourth-order valence-electron chi connectivity index (χ4n) is 3.23. The lowest BCUT2D eigenvalue weighted by Crippen LogP contribution is -2.49. The van der Waals surface area contributed by atoms with Crippen molar-refractivity contribution in [2.75, 3.05) is 26.2 Å². The van der Waals surface area contributed by atoms with Gasteiger partial charge in [0.25, 0.3) is 5.91 Å². The topological polar surface area (TPSA) is 91.2 Å². The van der Waals surface area contributed by atoms with Gasteiger partial charge in [-0.15, -0.1) is 0 Å². The Morgan fingerprint density at radius 1 is 1.24 bits per heavy atom. The van der Waals surface area contributed by atoms with E-state index in [1.807, 2.05) is 43.0 Å². The van der Waals surface area contributed by atoms with Crippen LogP contribution < -0.4 is 0 Å². The highest BCUT2D eigenvalue weighted by molar-refractivity contribution is 6.04. The maximum absolute atomic E-state index is 12.8. The lowest BCUT2D eigenvalue weighted by Gasteiger charge is -2.36. The van der Waals surface area contributed by atoms with E-state index in [1.165, 1.54) is 0 Å². The standard InChI is InChI=1S/C17H20N6O2/c1-11(16-18-12(2)21-25-16)22-7-9-23(10-8-22)17(24)15-13-5-3-4-6-14(13)19-20-15/h3-6,11H,7-10H2,1-2H3,(H,19,20)/t11-/m0/s1. The molecule has 1 aliphatic rings. The van der Waals surface area contributed by atoms with Gasteiger partial charge in [-0.25, -0.2) is 0 Å². The first kappa shape index (κ1) is 15.8. The van der Waals surface area contributed by atoms with Gasteiger partial charge in [-0.2, -0.15) is 10.1 Å². The Bertz CT molecular complexity index is 893. The molecule has 0 bridgehead atoms. The van der Waals surface area contributed by atoms with Gasteiger partial charge < -0.3 is 9.42 Å². The van der Waals surface area contributed by atoms with Gasteiger partial charge in [-0.3, -0.25) is 14.8 Å². The summed E-state index contributed by atoms with van der Waals surface area (Å²) in [6.07, 6.45) is 0. The molecule has 130 valence electrons. The highest BCUT2D eigenvalue weighted by Gasteiger charge is 2.29. The van der Waals surface area contributed by atoms with Crippen molar-refractivity contribution in [3.05, 3.63) is 41.7 Å². The Hall–Kier alpha value is -2.74. The summed E-state index contributed by atoms with van der Waals surface area (Å²) < 4.78 is 5.26. The van der Waals surface area contributed by atoms with Crippen molar-refractivity contribution in [1.82, 2.24) is 30.1 Å². The Balaban J connectivity index is 1.44. The monoisotopic (exact) mass is 340 g/mol. The third kappa shape index (κ3) is 2.89. The van der Waals surface area contributed by atoms with Crippen molar-refractivity contribution >= 4 is 16.8 Å². The molecule has 3 heterocycles. The Morgan fingerprint density at radius 2 is 2.00 bits per heavy atom. The molecule has 1 amide bonds. The second-order valence-corrected chi connectivity index (χ2v) is 6.30. The van der Waals surface area contributed by atoms with E-state index >= 15 is 0 Å². The fraction of sp³-hybridized carbons (Fsp3) is 0.412. The minimum Gasteiger partial charge on any atom is -0.338 e. The maximum Gasteiger partial charge on any atom is 0.275 e. The molecule has 0 radical (unpaired) electrons.